The molecule has 3 rings (SSSR count). The van der Waals surface area contributed by atoms with Crippen LogP contribution in [0.25, 0.3) is 0 Å². The van der Waals surface area contributed by atoms with Crippen LogP contribution in [0.4, 0.5) is 4.39 Å². The van der Waals surface area contributed by atoms with Crippen LogP contribution < -0.4 is 5.32 Å². The minimum atomic E-state index is -0.285. The third-order valence-corrected chi connectivity index (χ3v) is 4.75. The zero-order valence-corrected chi connectivity index (χ0v) is 15.1. The molecule has 0 radical (unpaired) electrons. The maximum absolute atomic E-state index is 13.6. The van der Waals surface area contributed by atoms with Crippen molar-refractivity contribution in [2.75, 3.05) is 13.1 Å². The Morgan fingerprint density at radius 1 is 1.42 bits per heavy atom. The summed E-state index contributed by atoms with van der Waals surface area (Å²) in [6, 6.07) is 6.51. The highest BCUT2D eigenvalue weighted by Gasteiger charge is 2.22. The second-order valence-electron chi connectivity index (χ2n) is 6.89. The van der Waals surface area contributed by atoms with E-state index in [2.05, 4.69) is 20.4 Å². The van der Waals surface area contributed by atoms with Crippen molar-refractivity contribution in [2.45, 2.75) is 45.7 Å². The van der Waals surface area contributed by atoms with Crippen molar-refractivity contribution in [3.05, 3.63) is 47.4 Å². The molecule has 26 heavy (non-hydrogen) atoms. The van der Waals surface area contributed by atoms with Gasteiger partial charge in [0, 0.05) is 25.1 Å². The molecule has 140 valence electrons. The first-order valence-electron chi connectivity index (χ1n) is 9.12. The van der Waals surface area contributed by atoms with Crippen LogP contribution >= 0.6 is 0 Å². The number of nitrogens with zero attached hydrogens (tertiary/aromatic N) is 3. The Kier molecular flexibility index (Phi) is 6.33. The Bertz CT molecular complexity index is 734. The number of rotatable bonds is 7. The molecule has 7 heteroatoms. The van der Waals surface area contributed by atoms with E-state index in [0.717, 1.165) is 32.4 Å². The molecule has 1 fully saturated rings. The first-order valence-corrected chi connectivity index (χ1v) is 9.12. The smallest absolute Gasteiger partial charge is 0.240 e. The zero-order valence-electron chi connectivity index (χ0n) is 15.1. The minimum absolute atomic E-state index is 0.0297. The second-order valence-corrected chi connectivity index (χ2v) is 6.89. The minimum Gasteiger partial charge on any atom is -0.352 e. The van der Waals surface area contributed by atoms with Gasteiger partial charge in [-0.05, 0) is 44.7 Å². The molecule has 6 nitrogen and oxygen atoms in total. The van der Waals surface area contributed by atoms with Gasteiger partial charge in [-0.3, -0.25) is 9.69 Å². The monoisotopic (exact) mass is 360 g/mol. The van der Waals surface area contributed by atoms with Gasteiger partial charge in [-0.25, -0.2) is 4.39 Å². The number of amides is 1. The highest BCUT2D eigenvalue weighted by molar-refractivity contribution is 5.75. The van der Waals surface area contributed by atoms with Crippen LogP contribution in [0.2, 0.25) is 0 Å². The van der Waals surface area contributed by atoms with E-state index in [-0.39, 0.29) is 18.3 Å². The fourth-order valence-electron chi connectivity index (χ4n) is 3.39. The summed E-state index contributed by atoms with van der Waals surface area (Å²) in [6.07, 6.45) is 3.53. The molecule has 0 aliphatic carbocycles. The molecule has 0 bridgehead atoms. The third-order valence-electron chi connectivity index (χ3n) is 4.75. The van der Waals surface area contributed by atoms with Gasteiger partial charge >= 0.3 is 0 Å². The molecule has 1 atom stereocenters. The molecular formula is C19H25FN4O2. The number of hydrogen-bond donors (Lipinski definition) is 1. The summed E-state index contributed by atoms with van der Waals surface area (Å²) in [4.78, 5) is 18.6. The Morgan fingerprint density at radius 3 is 3.04 bits per heavy atom. The predicted molar refractivity (Wildman–Crippen MR) is 94.5 cm³/mol. The Balaban J connectivity index is 1.39. The van der Waals surface area contributed by atoms with Crippen LogP contribution in [-0.2, 0) is 17.9 Å². The van der Waals surface area contributed by atoms with E-state index in [1.807, 2.05) is 6.92 Å². The van der Waals surface area contributed by atoms with Crippen molar-refractivity contribution >= 4 is 5.91 Å². The molecule has 1 amide bonds. The molecule has 1 N–H and O–H groups in total. The predicted octanol–water partition coefficient (Wildman–Crippen LogP) is 2.83. The fourth-order valence-corrected chi connectivity index (χ4v) is 3.39. The van der Waals surface area contributed by atoms with Crippen molar-refractivity contribution in [1.29, 1.82) is 0 Å². The molecule has 1 aliphatic heterocycles. The van der Waals surface area contributed by atoms with Crippen molar-refractivity contribution in [3.63, 3.8) is 0 Å². The maximum atomic E-state index is 13.6. The lowest BCUT2D eigenvalue weighted by molar-refractivity contribution is -0.121. The highest BCUT2D eigenvalue weighted by atomic mass is 19.1. The van der Waals surface area contributed by atoms with E-state index in [1.165, 1.54) is 6.07 Å². The molecular weight excluding hydrogens is 335 g/mol. The van der Waals surface area contributed by atoms with Gasteiger partial charge in [-0.2, -0.15) is 4.98 Å². The summed E-state index contributed by atoms with van der Waals surface area (Å²) in [7, 11) is 0. The number of likely N-dealkylation sites (tertiary alicyclic amines) is 1. The number of benzene rings is 1. The van der Waals surface area contributed by atoms with Crippen LogP contribution in [0.3, 0.4) is 0 Å². The normalized spacial score (nSPS) is 18.0. The van der Waals surface area contributed by atoms with E-state index in [0.29, 0.717) is 36.2 Å². The number of halogens is 1. The van der Waals surface area contributed by atoms with Crippen molar-refractivity contribution < 1.29 is 13.7 Å². The molecule has 2 aromatic rings. The lowest BCUT2D eigenvalue weighted by atomic mass is 9.93. The van der Waals surface area contributed by atoms with Gasteiger partial charge in [0.15, 0.2) is 5.82 Å². The van der Waals surface area contributed by atoms with Crippen molar-refractivity contribution in [2.24, 2.45) is 5.92 Å². The highest BCUT2D eigenvalue weighted by Crippen LogP contribution is 2.22. The van der Waals surface area contributed by atoms with Gasteiger partial charge in [-0.15, -0.1) is 0 Å². The number of hydrogen-bond acceptors (Lipinski definition) is 5. The third kappa shape index (κ3) is 5.36. The standard InChI is InChI=1S/C19H25FN4O2/c1-14-22-19(26-23-14)13-24-10-4-5-15(12-24)8-9-18(25)21-11-16-6-2-3-7-17(16)20/h2-3,6-7,15H,4-5,8-13H2,1H3,(H,21,25). The molecule has 1 unspecified atom stereocenters. The molecule has 0 spiro atoms. The van der Waals surface area contributed by atoms with Crippen LogP contribution in [-0.4, -0.2) is 34.0 Å². The van der Waals surface area contributed by atoms with E-state index in [4.69, 9.17) is 4.52 Å². The van der Waals surface area contributed by atoms with Crippen molar-refractivity contribution in [1.82, 2.24) is 20.4 Å². The molecule has 1 aromatic carbocycles. The number of piperidine rings is 1. The molecule has 1 aliphatic rings. The van der Waals surface area contributed by atoms with E-state index in [9.17, 15) is 9.18 Å². The fraction of sp³-hybridized carbons (Fsp3) is 0.526. The molecule has 2 heterocycles. The summed E-state index contributed by atoms with van der Waals surface area (Å²) < 4.78 is 18.8. The topological polar surface area (TPSA) is 71.3 Å². The largest absolute Gasteiger partial charge is 0.352 e. The van der Waals surface area contributed by atoms with Crippen molar-refractivity contribution in [3.8, 4) is 0 Å². The first-order chi connectivity index (χ1) is 12.6. The average Bonchev–Trinajstić information content (AvgIpc) is 3.04. The maximum Gasteiger partial charge on any atom is 0.240 e. The Labute approximate surface area is 152 Å². The van der Waals surface area contributed by atoms with Gasteiger partial charge in [-0.1, -0.05) is 23.4 Å². The molecule has 1 saturated heterocycles. The van der Waals surface area contributed by atoms with E-state index >= 15 is 0 Å². The van der Waals surface area contributed by atoms with E-state index < -0.39 is 0 Å². The lowest BCUT2D eigenvalue weighted by Crippen LogP contribution is -2.35. The number of carbonyl (C=O) groups excluding carboxylic acids is 1. The van der Waals surface area contributed by atoms with Gasteiger partial charge < -0.3 is 9.84 Å². The summed E-state index contributed by atoms with van der Waals surface area (Å²) in [5.41, 5.74) is 0.513. The molecule has 0 saturated carbocycles. The molecule has 1 aromatic heterocycles. The zero-order chi connectivity index (χ0) is 18.4. The van der Waals surface area contributed by atoms with Gasteiger partial charge in [0.25, 0.3) is 0 Å². The summed E-state index contributed by atoms with van der Waals surface area (Å²) in [5, 5.41) is 6.63. The number of aromatic nitrogens is 2. The summed E-state index contributed by atoms with van der Waals surface area (Å²) in [5.74, 6) is 1.46. The number of aryl methyl sites for hydroxylation is 1. The van der Waals surface area contributed by atoms with Crippen LogP contribution in [0, 0.1) is 18.7 Å². The van der Waals surface area contributed by atoms with Gasteiger partial charge in [0.05, 0.1) is 6.54 Å². The van der Waals surface area contributed by atoms with Crippen LogP contribution in [0.15, 0.2) is 28.8 Å². The quantitative estimate of drug-likeness (QED) is 0.822. The summed E-state index contributed by atoms with van der Waals surface area (Å²) >= 11 is 0. The Morgan fingerprint density at radius 2 is 2.27 bits per heavy atom. The SMILES string of the molecule is Cc1noc(CN2CCCC(CCC(=O)NCc3ccccc3F)C2)n1. The number of nitrogens with one attached hydrogen (secondary N) is 1. The van der Waals surface area contributed by atoms with Gasteiger partial charge in [0.2, 0.25) is 11.8 Å². The summed E-state index contributed by atoms with van der Waals surface area (Å²) in [6.45, 7) is 4.65. The van der Waals surface area contributed by atoms with Crippen LogP contribution in [0.1, 0.15) is 43.0 Å². The van der Waals surface area contributed by atoms with Gasteiger partial charge in [0.1, 0.15) is 5.82 Å². The average molecular weight is 360 g/mol. The first kappa shape index (κ1) is 18.5. The lowest BCUT2D eigenvalue weighted by Gasteiger charge is -2.31. The Hall–Kier alpha value is -2.28. The van der Waals surface area contributed by atoms with E-state index in [1.54, 1.807) is 18.2 Å². The van der Waals surface area contributed by atoms with Crippen LogP contribution in [0.5, 0.6) is 0 Å². The second kappa shape index (κ2) is 8.89. The number of carbonyl (C=O) groups is 1.